The second-order valence-corrected chi connectivity index (χ2v) is 4.12. The third-order valence-corrected chi connectivity index (χ3v) is 1.87. The van der Waals surface area contributed by atoms with Crippen molar-refractivity contribution in [3.8, 4) is 0 Å². The lowest BCUT2D eigenvalue weighted by Crippen LogP contribution is -1.93. The molecule has 0 aromatic rings. The number of hydrogen-bond acceptors (Lipinski definition) is 2. The van der Waals surface area contributed by atoms with Crippen LogP contribution in [0, 0.1) is 5.92 Å². The summed E-state index contributed by atoms with van der Waals surface area (Å²) in [6, 6.07) is 0. The van der Waals surface area contributed by atoms with Crippen molar-refractivity contribution in [2.45, 2.75) is 47.0 Å². The van der Waals surface area contributed by atoms with Gasteiger partial charge in [-0.05, 0) is 12.3 Å². The largest absolute Gasteiger partial charge is 0.326 e. The van der Waals surface area contributed by atoms with Crippen molar-refractivity contribution >= 4 is 8.25 Å². The van der Waals surface area contributed by atoms with Crippen LogP contribution >= 0.6 is 8.25 Å². The Hall–Kier alpha value is 0.150. The first-order chi connectivity index (χ1) is 6.04. The van der Waals surface area contributed by atoms with E-state index in [9.17, 15) is 4.57 Å². The molecule has 0 rings (SSSR count). The molecule has 4 heteroatoms. The molecule has 13 heavy (non-hydrogen) atoms. The van der Waals surface area contributed by atoms with Gasteiger partial charge in [-0.3, -0.25) is 4.57 Å². The zero-order valence-electron chi connectivity index (χ0n) is 9.17. The van der Waals surface area contributed by atoms with Crippen LogP contribution in [0.3, 0.4) is 0 Å². The fourth-order valence-corrected chi connectivity index (χ4v) is 0.674. The first kappa shape index (κ1) is 15.6. The van der Waals surface area contributed by atoms with Gasteiger partial charge in [0.1, 0.15) is 0 Å². The fraction of sp³-hybridized carbons (Fsp3) is 1.00. The predicted molar refractivity (Wildman–Crippen MR) is 57.2 cm³/mol. The van der Waals surface area contributed by atoms with E-state index in [0.717, 1.165) is 6.42 Å². The first-order valence-electron chi connectivity index (χ1n) is 4.90. The SMILES string of the molecule is CC(C)CCO[PH](=O)O.CCCC. The molecule has 0 aliphatic carbocycles. The molecule has 82 valence electrons. The highest BCUT2D eigenvalue weighted by Gasteiger charge is 1.94. The standard InChI is InChI=1S/C5H13O3P.C4H10/c1-5(2)3-4-8-9(6)7;1-3-4-2/h5,9H,3-4H2,1-2H3,(H,6,7);3-4H2,1-2H3. The van der Waals surface area contributed by atoms with Crippen LogP contribution < -0.4 is 0 Å². The lowest BCUT2D eigenvalue weighted by Gasteiger charge is -2.01. The Morgan fingerprint density at radius 3 is 2.00 bits per heavy atom. The minimum absolute atomic E-state index is 0.395. The first-order valence-corrected chi connectivity index (χ1v) is 6.16. The van der Waals surface area contributed by atoms with E-state index in [-0.39, 0.29) is 0 Å². The van der Waals surface area contributed by atoms with Crippen LogP contribution in [0.1, 0.15) is 47.0 Å². The monoisotopic (exact) mass is 210 g/mol. The molecule has 0 saturated heterocycles. The fourth-order valence-electron chi connectivity index (χ4n) is 0.382. The molecule has 0 bridgehead atoms. The molecule has 3 nitrogen and oxygen atoms in total. The third kappa shape index (κ3) is 24.5. The number of rotatable bonds is 5. The number of unbranched alkanes of at least 4 members (excludes halogenated alkanes) is 1. The highest BCUT2D eigenvalue weighted by atomic mass is 31.1. The van der Waals surface area contributed by atoms with Gasteiger partial charge in [0.15, 0.2) is 0 Å². The lowest BCUT2D eigenvalue weighted by atomic mass is 10.2. The minimum atomic E-state index is -2.68. The summed E-state index contributed by atoms with van der Waals surface area (Å²) in [7, 11) is -2.68. The molecule has 0 aromatic carbocycles. The quantitative estimate of drug-likeness (QED) is 0.708. The molecule has 1 N–H and O–H groups in total. The summed E-state index contributed by atoms with van der Waals surface area (Å²) >= 11 is 0. The van der Waals surface area contributed by atoms with E-state index in [0.29, 0.717) is 12.5 Å². The van der Waals surface area contributed by atoms with Crippen LogP contribution in [0.5, 0.6) is 0 Å². The van der Waals surface area contributed by atoms with Crippen LogP contribution in [0.2, 0.25) is 0 Å². The van der Waals surface area contributed by atoms with E-state index in [4.69, 9.17) is 4.89 Å². The molecule has 0 aliphatic rings. The summed E-state index contributed by atoms with van der Waals surface area (Å²) in [5, 5.41) is 0. The maximum atomic E-state index is 9.94. The molecule has 0 amide bonds. The van der Waals surface area contributed by atoms with Crippen LogP contribution in [-0.4, -0.2) is 11.5 Å². The zero-order valence-corrected chi connectivity index (χ0v) is 10.2. The van der Waals surface area contributed by atoms with Crippen LogP contribution in [0.25, 0.3) is 0 Å². The smallest absolute Gasteiger partial charge is 0.316 e. The molecule has 0 aliphatic heterocycles. The van der Waals surface area contributed by atoms with Crippen molar-refractivity contribution in [3.63, 3.8) is 0 Å². The van der Waals surface area contributed by atoms with Crippen molar-refractivity contribution in [2.75, 3.05) is 6.61 Å². The predicted octanol–water partition coefficient (Wildman–Crippen LogP) is 3.24. The Bertz CT molecular complexity index is 113. The van der Waals surface area contributed by atoms with Crippen molar-refractivity contribution in [1.29, 1.82) is 0 Å². The second-order valence-electron chi connectivity index (χ2n) is 3.30. The van der Waals surface area contributed by atoms with Crippen LogP contribution in [-0.2, 0) is 9.09 Å². The summed E-state index contributed by atoms with van der Waals surface area (Å²) in [5.41, 5.74) is 0. The Morgan fingerprint density at radius 1 is 1.31 bits per heavy atom. The van der Waals surface area contributed by atoms with Crippen LogP contribution in [0.4, 0.5) is 0 Å². The van der Waals surface area contributed by atoms with Gasteiger partial charge in [0, 0.05) is 0 Å². The van der Waals surface area contributed by atoms with Gasteiger partial charge in [-0.25, -0.2) is 0 Å². The van der Waals surface area contributed by atoms with Gasteiger partial charge in [-0.15, -0.1) is 0 Å². The minimum Gasteiger partial charge on any atom is -0.326 e. The van der Waals surface area contributed by atoms with E-state index in [1.807, 2.05) is 13.8 Å². The zero-order chi connectivity index (χ0) is 10.7. The topological polar surface area (TPSA) is 46.5 Å². The van der Waals surface area contributed by atoms with Gasteiger partial charge in [0.25, 0.3) is 0 Å². The highest BCUT2D eigenvalue weighted by Crippen LogP contribution is 2.15. The molecule has 0 fully saturated rings. The van der Waals surface area contributed by atoms with Gasteiger partial charge >= 0.3 is 8.25 Å². The van der Waals surface area contributed by atoms with E-state index in [1.54, 1.807) is 0 Å². The van der Waals surface area contributed by atoms with E-state index in [2.05, 4.69) is 18.4 Å². The Kier molecular flexibility index (Phi) is 14.6. The molecule has 0 saturated carbocycles. The van der Waals surface area contributed by atoms with Crippen molar-refractivity contribution < 1.29 is 14.0 Å². The summed E-state index contributed by atoms with van der Waals surface area (Å²) < 4.78 is 14.4. The summed E-state index contributed by atoms with van der Waals surface area (Å²) in [6.07, 6.45) is 3.48. The van der Waals surface area contributed by atoms with Crippen LogP contribution in [0.15, 0.2) is 0 Å². The molecule has 0 radical (unpaired) electrons. The summed E-state index contributed by atoms with van der Waals surface area (Å²) in [4.78, 5) is 8.19. The maximum Gasteiger partial charge on any atom is 0.316 e. The van der Waals surface area contributed by atoms with Crippen molar-refractivity contribution in [3.05, 3.63) is 0 Å². The summed E-state index contributed by atoms with van der Waals surface area (Å²) in [6.45, 7) is 8.84. The maximum absolute atomic E-state index is 9.94. The van der Waals surface area contributed by atoms with Gasteiger partial charge < -0.3 is 9.42 Å². The average molecular weight is 210 g/mol. The second kappa shape index (κ2) is 12.2. The Balaban J connectivity index is 0. The molecule has 1 unspecified atom stereocenters. The molecular formula is C9H23O3P. The van der Waals surface area contributed by atoms with Gasteiger partial charge in [0.05, 0.1) is 6.61 Å². The van der Waals surface area contributed by atoms with Gasteiger partial charge in [0.2, 0.25) is 0 Å². The number of hydrogen-bond donors (Lipinski definition) is 1. The van der Waals surface area contributed by atoms with E-state index >= 15 is 0 Å². The molecule has 0 heterocycles. The Morgan fingerprint density at radius 2 is 1.77 bits per heavy atom. The van der Waals surface area contributed by atoms with Gasteiger partial charge in [-0.1, -0.05) is 40.5 Å². The average Bonchev–Trinajstić information content (AvgIpc) is 2.03. The normalized spacial score (nSPS) is 12.2. The molecule has 0 spiro atoms. The van der Waals surface area contributed by atoms with Crippen molar-refractivity contribution in [2.24, 2.45) is 5.92 Å². The molecule has 0 aromatic heterocycles. The molecule has 1 atom stereocenters. The highest BCUT2D eigenvalue weighted by molar-refractivity contribution is 7.32. The van der Waals surface area contributed by atoms with Gasteiger partial charge in [-0.2, -0.15) is 0 Å². The van der Waals surface area contributed by atoms with E-state index in [1.165, 1.54) is 12.8 Å². The van der Waals surface area contributed by atoms with Crippen molar-refractivity contribution in [1.82, 2.24) is 0 Å². The third-order valence-electron chi connectivity index (χ3n) is 1.42. The lowest BCUT2D eigenvalue weighted by molar-refractivity contribution is 0.263. The Labute approximate surface area is 82.5 Å². The van der Waals surface area contributed by atoms with E-state index < -0.39 is 8.25 Å². The molecular weight excluding hydrogens is 187 g/mol. The summed E-state index contributed by atoms with van der Waals surface area (Å²) in [5.74, 6) is 0.534.